The van der Waals surface area contributed by atoms with E-state index in [9.17, 15) is 13.9 Å². The molecule has 0 atom stereocenters. The Labute approximate surface area is 189 Å². The average Bonchev–Trinajstić information content (AvgIpc) is 3.22. The van der Waals surface area contributed by atoms with Crippen LogP contribution in [-0.4, -0.2) is 49.6 Å². The van der Waals surface area contributed by atoms with Crippen LogP contribution in [0.2, 0.25) is 0 Å². The molecule has 0 amide bonds. The van der Waals surface area contributed by atoms with Crippen molar-refractivity contribution in [3.8, 4) is 5.75 Å². The molecular weight excluding hydrogens is 458 g/mol. The number of rotatable bonds is 14. The maximum absolute atomic E-state index is 13.9. The normalized spacial score (nSPS) is 15.8. The summed E-state index contributed by atoms with van der Waals surface area (Å²) in [4.78, 5) is 13.2. The molecule has 0 aliphatic carbocycles. The molecule has 0 saturated heterocycles. The van der Waals surface area contributed by atoms with E-state index in [0.29, 0.717) is 17.9 Å². The first-order chi connectivity index (χ1) is 15.3. The van der Waals surface area contributed by atoms with Crippen LogP contribution in [0.5, 0.6) is 5.75 Å². The molecule has 1 aliphatic heterocycles. The predicted octanol–water partition coefficient (Wildman–Crippen LogP) is 4.80. The number of hydrazone groups is 1. The fourth-order valence-electron chi connectivity index (χ4n) is 3.31. The number of hydrogen-bond donors (Lipinski definition) is 1. The molecule has 1 N–H and O–H groups in total. The highest BCUT2D eigenvalue weighted by Crippen LogP contribution is 2.78. The smallest absolute Gasteiger partial charge is 0.370 e. The summed E-state index contributed by atoms with van der Waals surface area (Å²) in [6.07, 6.45) is -0.334. The Morgan fingerprint density at radius 3 is 1.94 bits per heavy atom. The Bertz CT molecular complexity index is 871. The molecule has 0 unspecified atom stereocenters. The summed E-state index contributed by atoms with van der Waals surface area (Å²) in [5.41, 5.74) is 2.96. The van der Waals surface area contributed by atoms with Crippen LogP contribution in [0.1, 0.15) is 51.4 Å². The van der Waals surface area contributed by atoms with Gasteiger partial charge < -0.3 is 22.8 Å². The predicted molar refractivity (Wildman–Crippen MR) is 122 cm³/mol. The molecule has 1 aromatic rings. The van der Waals surface area contributed by atoms with Gasteiger partial charge in [-0.2, -0.15) is 5.10 Å². The van der Waals surface area contributed by atoms with Crippen molar-refractivity contribution in [3.63, 3.8) is 0 Å². The summed E-state index contributed by atoms with van der Waals surface area (Å²) in [5.74, 6) is 0.0831. The fourth-order valence-corrected chi connectivity index (χ4v) is 8.60. The average molecular weight is 490 g/mol. The van der Waals surface area contributed by atoms with Gasteiger partial charge in [-0.25, -0.2) is 0 Å². The minimum absolute atomic E-state index is 0.00193. The van der Waals surface area contributed by atoms with Crippen molar-refractivity contribution in [3.05, 3.63) is 29.8 Å². The van der Waals surface area contributed by atoms with Crippen molar-refractivity contribution in [2.75, 3.05) is 33.0 Å². The lowest BCUT2D eigenvalue weighted by molar-refractivity contribution is 0.106. The number of ether oxygens (including phenoxy) is 1. The lowest BCUT2D eigenvalue weighted by Crippen LogP contribution is -2.42. The summed E-state index contributed by atoms with van der Waals surface area (Å²) in [7, 11) is -8.37. The number of Topliss-reactive ketones (excluding diaryl/α,β-unsaturated/α-hetero) is 1. The van der Waals surface area contributed by atoms with E-state index < -0.39 is 26.0 Å². The standard InChI is InChI=1S/C20H32N2O8P2/c1-6-26-17-13-11-12-16(14-17)19(23)18-15-20(22-21-18,31(24,27-7-2)28-8-3)32(25,29-9-4)30-10-5/h11-14,22H,6-10,15H2,1-5H3. The van der Waals surface area contributed by atoms with Gasteiger partial charge in [0.1, 0.15) is 11.5 Å². The summed E-state index contributed by atoms with van der Waals surface area (Å²) in [6, 6.07) is 6.62. The van der Waals surface area contributed by atoms with Gasteiger partial charge in [-0.1, -0.05) is 12.1 Å². The number of ketones is 1. The SMILES string of the molecule is CCOc1cccc(C(=O)C2=NNC(P(=O)(OCC)OCC)(P(=O)(OCC)OCC)C2)c1. The van der Waals surface area contributed by atoms with Crippen LogP contribution in [0.15, 0.2) is 29.4 Å². The number of benzene rings is 1. The Hall–Kier alpha value is -1.54. The molecule has 1 aliphatic rings. The van der Waals surface area contributed by atoms with E-state index in [2.05, 4.69) is 10.5 Å². The molecule has 0 bridgehead atoms. The third kappa shape index (κ3) is 5.16. The molecule has 0 fully saturated rings. The molecule has 32 heavy (non-hydrogen) atoms. The second-order valence-electron chi connectivity index (χ2n) is 6.62. The molecule has 10 nitrogen and oxygen atoms in total. The summed E-state index contributed by atoms with van der Waals surface area (Å²) in [5, 5.41) is 2.11. The van der Waals surface area contributed by atoms with Gasteiger partial charge in [0.2, 0.25) is 5.78 Å². The highest BCUT2D eigenvalue weighted by Gasteiger charge is 2.68. The van der Waals surface area contributed by atoms with Crippen LogP contribution < -0.4 is 10.2 Å². The van der Waals surface area contributed by atoms with Crippen LogP contribution in [-0.2, 0) is 27.2 Å². The molecule has 0 radical (unpaired) electrons. The lowest BCUT2D eigenvalue weighted by atomic mass is 10.0. The number of carbonyl (C=O) groups excluding carboxylic acids is 1. The van der Waals surface area contributed by atoms with Crippen LogP contribution in [0.4, 0.5) is 0 Å². The van der Waals surface area contributed by atoms with E-state index in [-0.39, 0.29) is 38.6 Å². The van der Waals surface area contributed by atoms with Gasteiger partial charge in [0.15, 0.2) is 0 Å². The summed E-state index contributed by atoms with van der Waals surface area (Å²) in [6.45, 7) is 8.86. The van der Waals surface area contributed by atoms with Gasteiger partial charge in [-0.15, -0.1) is 0 Å². The summed E-state index contributed by atoms with van der Waals surface area (Å²) < 4.78 is 55.4. The first kappa shape index (κ1) is 26.7. The third-order valence-corrected chi connectivity index (χ3v) is 10.7. The van der Waals surface area contributed by atoms with Crippen LogP contribution in [0.3, 0.4) is 0 Å². The Balaban J connectivity index is 2.52. The van der Waals surface area contributed by atoms with E-state index in [1.807, 2.05) is 6.92 Å². The molecule has 0 saturated carbocycles. The zero-order valence-corrected chi connectivity index (χ0v) is 20.9. The molecular formula is C20H32N2O8P2. The molecule has 0 spiro atoms. The highest BCUT2D eigenvalue weighted by atomic mass is 31.2. The molecule has 1 aromatic carbocycles. The van der Waals surface area contributed by atoms with Gasteiger partial charge >= 0.3 is 15.2 Å². The maximum Gasteiger partial charge on any atom is 0.370 e. The number of hydrogen-bond acceptors (Lipinski definition) is 10. The quantitative estimate of drug-likeness (QED) is 0.289. The molecule has 180 valence electrons. The number of nitrogens with one attached hydrogen (secondary N) is 1. The first-order valence-corrected chi connectivity index (χ1v) is 13.7. The van der Waals surface area contributed by atoms with Crippen molar-refractivity contribution in [2.24, 2.45) is 5.10 Å². The van der Waals surface area contributed by atoms with E-state index in [0.717, 1.165) is 0 Å². The lowest BCUT2D eigenvalue weighted by Gasteiger charge is -2.38. The van der Waals surface area contributed by atoms with Crippen molar-refractivity contribution in [2.45, 2.75) is 46.1 Å². The largest absolute Gasteiger partial charge is 0.494 e. The topological polar surface area (TPSA) is 122 Å². The van der Waals surface area contributed by atoms with E-state index >= 15 is 0 Å². The second-order valence-corrected chi connectivity index (χ2v) is 11.5. The highest BCUT2D eigenvalue weighted by molar-refractivity contribution is 7.74. The van der Waals surface area contributed by atoms with Crippen molar-refractivity contribution < 1.29 is 36.8 Å². The van der Waals surface area contributed by atoms with E-state index in [1.165, 1.54) is 0 Å². The van der Waals surface area contributed by atoms with Crippen molar-refractivity contribution >= 4 is 26.7 Å². The van der Waals surface area contributed by atoms with Gasteiger partial charge in [0.05, 0.1) is 33.0 Å². The van der Waals surface area contributed by atoms with Gasteiger partial charge in [0.25, 0.3) is 5.02 Å². The Morgan fingerprint density at radius 2 is 1.47 bits per heavy atom. The van der Waals surface area contributed by atoms with E-state index in [1.54, 1.807) is 52.0 Å². The second kappa shape index (κ2) is 11.5. The maximum atomic E-state index is 13.9. The fraction of sp³-hybridized carbons (Fsp3) is 0.600. The molecule has 2 rings (SSSR count). The van der Waals surface area contributed by atoms with Crippen LogP contribution >= 0.6 is 15.2 Å². The Kier molecular flexibility index (Phi) is 9.64. The Morgan fingerprint density at radius 1 is 0.938 bits per heavy atom. The first-order valence-electron chi connectivity index (χ1n) is 10.7. The monoisotopic (exact) mass is 490 g/mol. The molecule has 1 heterocycles. The van der Waals surface area contributed by atoms with Crippen LogP contribution in [0.25, 0.3) is 0 Å². The van der Waals surface area contributed by atoms with Gasteiger partial charge in [0, 0.05) is 12.0 Å². The third-order valence-electron chi connectivity index (χ3n) is 4.56. The van der Waals surface area contributed by atoms with E-state index in [4.69, 9.17) is 22.8 Å². The molecule has 12 heteroatoms. The molecule has 0 aromatic heterocycles. The van der Waals surface area contributed by atoms with Crippen molar-refractivity contribution in [1.29, 1.82) is 0 Å². The van der Waals surface area contributed by atoms with Crippen molar-refractivity contribution in [1.82, 2.24) is 5.43 Å². The zero-order chi connectivity index (χ0) is 23.8. The zero-order valence-electron chi connectivity index (χ0n) is 19.2. The minimum atomic E-state index is -4.18. The van der Waals surface area contributed by atoms with Crippen LogP contribution in [0, 0.1) is 0 Å². The summed E-state index contributed by atoms with van der Waals surface area (Å²) >= 11 is 0. The number of carbonyl (C=O) groups is 1. The number of nitrogens with zero attached hydrogens (tertiary/aromatic N) is 1. The van der Waals surface area contributed by atoms with Gasteiger partial charge in [-0.3, -0.25) is 19.4 Å². The minimum Gasteiger partial charge on any atom is -0.494 e. The van der Waals surface area contributed by atoms with Gasteiger partial charge in [-0.05, 0) is 46.8 Å².